The van der Waals surface area contributed by atoms with Gasteiger partial charge in [-0.15, -0.1) is 0 Å². The summed E-state index contributed by atoms with van der Waals surface area (Å²) >= 11 is 0. The van der Waals surface area contributed by atoms with Crippen LogP contribution in [0.5, 0.6) is 0 Å². The van der Waals surface area contributed by atoms with Gasteiger partial charge in [0.2, 0.25) is 0 Å². The van der Waals surface area contributed by atoms with Gasteiger partial charge in [-0.05, 0) is 12.8 Å². The quantitative estimate of drug-likeness (QED) is 0.648. The van der Waals surface area contributed by atoms with E-state index in [4.69, 9.17) is 9.92 Å². The summed E-state index contributed by atoms with van der Waals surface area (Å²) in [6.45, 7) is 3.75. The normalized spacial score (nSPS) is 17.3. The van der Waals surface area contributed by atoms with Crippen LogP contribution in [-0.4, -0.2) is 26.8 Å². The van der Waals surface area contributed by atoms with E-state index in [2.05, 4.69) is 0 Å². The first-order valence-electron chi connectivity index (χ1n) is 4.04. The molecule has 0 aromatic heterocycles. The molecule has 0 aromatic carbocycles. The average molecular weight is 195 g/mol. The Morgan fingerprint density at radius 3 is 2.08 bits per heavy atom. The largest absolute Gasteiger partial charge is 0.325 e. The van der Waals surface area contributed by atoms with Crippen molar-refractivity contribution in [3.05, 3.63) is 0 Å². The van der Waals surface area contributed by atoms with E-state index in [-0.39, 0.29) is 12.1 Å². The van der Waals surface area contributed by atoms with E-state index >= 15 is 0 Å². The van der Waals surface area contributed by atoms with Crippen LogP contribution in [0.25, 0.3) is 0 Å². The van der Waals surface area contributed by atoms with Gasteiger partial charge >= 0.3 is 0 Å². The Morgan fingerprint density at radius 2 is 1.83 bits per heavy atom. The van der Waals surface area contributed by atoms with Crippen molar-refractivity contribution in [3.8, 4) is 0 Å². The van der Waals surface area contributed by atoms with Crippen LogP contribution in [0.1, 0.15) is 26.7 Å². The number of rotatable bonds is 5. The molecule has 2 N–H and O–H groups in total. The third-order valence-electron chi connectivity index (χ3n) is 1.65. The fourth-order valence-corrected chi connectivity index (χ4v) is 1.66. The third kappa shape index (κ3) is 4.69. The summed E-state index contributed by atoms with van der Waals surface area (Å²) in [7, 11) is -3.37. The molecule has 2 atom stereocenters. The summed E-state index contributed by atoms with van der Waals surface area (Å²) in [5, 5.41) is 0. The van der Waals surface area contributed by atoms with Crippen molar-refractivity contribution in [2.24, 2.45) is 5.73 Å². The molecule has 0 bridgehead atoms. The van der Waals surface area contributed by atoms with Crippen LogP contribution >= 0.6 is 0 Å². The predicted octanol–water partition coefficient (Wildman–Crippen LogP) is 0.478. The van der Waals surface area contributed by atoms with Gasteiger partial charge in [0.05, 0.1) is 12.4 Å². The molecule has 0 amide bonds. The predicted molar refractivity (Wildman–Crippen MR) is 48.3 cm³/mol. The second-order valence-electron chi connectivity index (χ2n) is 2.82. The fraction of sp³-hybridized carbons (Fsp3) is 1.00. The van der Waals surface area contributed by atoms with E-state index in [1.54, 1.807) is 0 Å². The van der Waals surface area contributed by atoms with Gasteiger partial charge in [-0.1, -0.05) is 13.8 Å². The van der Waals surface area contributed by atoms with E-state index in [0.717, 1.165) is 6.26 Å². The van der Waals surface area contributed by atoms with Gasteiger partial charge in [-0.2, -0.15) is 8.42 Å². The van der Waals surface area contributed by atoms with Crippen molar-refractivity contribution in [2.45, 2.75) is 38.8 Å². The van der Waals surface area contributed by atoms with Crippen LogP contribution in [0.15, 0.2) is 0 Å². The van der Waals surface area contributed by atoms with Crippen molar-refractivity contribution in [1.29, 1.82) is 0 Å². The van der Waals surface area contributed by atoms with Crippen molar-refractivity contribution in [3.63, 3.8) is 0 Å². The molecule has 0 radical (unpaired) electrons. The lowest BCUT2D eigenvalue weighted by molar-refractivity contribution is 0.173. The Bertz CT molecular complexity index is 213. The molecule has 0 unspecified atom stereocenters. The van der Waals surface area contributed by atoms with E-state index in [0.29, 0.717) is 12.8 Å². The maximum atomic E-state index is 10.7. The Balaban J connectivity index is 4.18. The molecule has 0 spiro atoms. The van der Waals surface area contributed by atoms with Crippen molar-refractivity contribution in [1.82, 2.24) is 0 Å². The molecule has 0 rings (SSSR count). The van der Waals surface area contributed by atoms with Crippen LogP contribution in [0.4, 0.5) is 0 Å². The summed E-state index contributed by atoms with van der Waals surface area (Å²) in [4.78, 5) is 0. The van der Waals surface area contributed by atoms with E-state index in [1.807, 2.05) is 13.8 Å². The van der Waals surface area contributed by atoms with Gasteiger partial charge in [0, 0.05) is 6.04 Å². The minimum absolute atomic E-state index is 0.204. The summed E-state index contributed by atoms with van der Waals surface area (Å²) in [5.74, 6) is 0. The minimum atomic E-state index is -3.37. The average Bonchev–Trinajstić information content (AvgIpc) is 1.97. The molecular weight excluding hydrogens is 178 g/mol. The molecule has 0 heterocycles. The van der Waals surface area contributed by atoms with Gasteiger partial charge in [0.15, 0.2) is 0 Å². The molecule has 74 valence electrons. The Hall–Kier alpha value is -0.130. The van der Waals surface area contributed by atoms with Crippen LogP contribution in [-0.2, 0) is 14.3 Å². The monoisotopic (exact) mass is 195 g/mol. The third-order valence-corrected chi connectivity index (χ3v) is 2.25. The highest BCUT2D eigenvalue weighted by molar-refractivity contribution is 7.86. The number of hydrogen-bond donors (Lipinski definition) is 1. The first-order valence-corrected chi connectivity index (χ1v) is 5.86. The summed E-state index contributed by atoms with van der Waals surface area (Å²) in [6, 6.07) is -0.204. The van der Waals surface area contributed by atoms with E-state index in [9.17, 15) is 8.42 Å². The molecule has 12 heavy (non-hydrogen) atoms. The van der Waals surface area contributed by atoms with E-state index < -0.39 is 10.1 Å². The molecule has 4 nitrogen and oxygen atoms in total. The molecule has 0 aromatic rings. The van der Waals surface area contributed by atoms with Crippen molar-refractivity contribution in [2.75, 3.05) is 6.26 Å². The standard InChI is InChI=1S/C7H17NO3S/c1-4-6(8)7(5-2)11-12(3,9)10/h6-7H,4-5,8H2,1-3H3/t6-,7-/m0/s1. The topological polar surface area (TPSA) is 69.4 Å². The lowest BCUT2D eigenvalue weighted by Gasteiger charge is -2.19. The first-order chi connectivity index (χ1) is 5.40. The lowest BCUT2D eigenvalue weighted by atomic mass is 10.1. The van der Waals surface area contributed by atoms with Gasteiger partial charge in [0.25, 0.3) is 10.1 Å². The second kappa shape index (κ2) is 4.79. The SMILES string of the molecule is CC[C@H](OS(C)(=O)=O)[C@@H](N)CC. The van der Waals surface area contributed by atoms with Crippen molar-refractivity contribution < 1.29 is 12.6 Å². The zero-order valence-electron chi connectivity index (χ0n) is 7.78. The second-order valence-corrected chi connectivity index (χ2v) is 4.42. The van der Waals surface area contributed by atoms with Crippen molar-refractivity contribution >= 4 is 10.1 Å². The minimum Gasteiger partial charge on any atom is -0.325 e. The lowest BCUT2D eigenvalue weighted by Crippen LogP contribution is -2.37. The Kier molecular flexibility index (Phi) is 4.74. The molecule has 0 aliphatic heterocycles. The highest BCUT2D eigenvalue weighted by Gasteiger charge is 2.19. The molecule has 0 aliphatic carbocycles. The van der Waals surface area contributed by atoms with Gasteiger partial charge in [0.1, 0.15) is 0 Å². The molecule has 0 saturated heterocycles. The zero-order chi connectivity index (χ0) is 9.78. The maximum absolute atomic E-state index is 10.7. The summed E-state index contributed by atoms with van der Waals surface area (Å²) in [6.07, 6.45) is 1.98. The number of nitrogens with two attached hydrogens (primary N) is 1. The maximum Gasteiger partial charge on any atom is 0.264 e. The van der Waals surface area contributed by atoms with Crippen LogP contribution in [0.3, 0.4) is 0 Å². The van der Waals surface area contributed by atoms with Crippen LogP contribution < -0.4 is 5.73 Å². The van der Waals surface area contributed by atoms with Gasteiger partial charge in [-0.3, -0.25) is 4.18 Å². The van der Waals surface area contributed by atoms with Crippen LogP contribution in [0, 0.1) is 0 Å². The molecular formula is C7H17NO3S. The first kappa shape index (κ1) is 11.9. The zero-order valence-corrected chi connectivity index (χ0v) is 8.60. The molecule has 5 heteroatoms. The highest BCUT2D eigenvalue weighted by Crippen LogP contribution is 2.08. The summed E-state index contributed by atoms with van der Waals surface area (Å²) < 4.78 is 26.3. The molecule has 0 aliphatic rings. The Morgan fingerprint density at radius 1 is 1.33 bits per heavy atom. The van der Waals surface area contributed by atoms with Gasteiger partial charge in [-0.25, -0.2) is 0 Å². The Labute approximate surface area is 74.2 Å². The van der Waals surface area contributed by atoms with E-state index in [1.165, 1.54) is 0 Å². The highest BCUT2D eigenvalue weighted by atomic mass is 32.2. The number of hydrogen-bond acceptors (Lipinski definition) is 4. The summed E-state index contributed by atoms with van der Waals surface area (Å²) in [5.41, 5.74) is 5.65. The smallest absolute Gasteiger partial charge is 0.264 e. The van der Waals surface area contributed by atoms with Crippen LogP contribution in [0.2, 0.25) is 0 Å². The fourth-order valence-electron chi connectivity index (χ4n) is 0.930. The molecule has 0 fully saturated rings. The molecule has 0 saturated carbocycles. The van der Waals surface area contributed by atoms with Gasteiger partial charge < -0.3 is 5.73 Å².